The third-order valence-electron chi connectivity index (χ3n) is 11.6. The van der Waals surface area contributed by atoms with Crippen molar-refractivity contribution >= 4 is 19.8 Å². The molecule has 0 fully saturated rings. The minimum Gasteiger partial charge on any atom is -0.462 e. The van der Waals surface area contributed by atoms with Gasteiger partial charge in [-0.3, -0.25) is 18.6 Å². The van der Waals surface area contributed by atoms with Crippen LogP contribution >= 0.6 is 7.82 Å². The van der Waals surface area contributed by atoms with Crippen molar-refractivity contribution in [3.8, 4) is 0 Å². The lowest BCUT2D eigenvalue weighted by molar-refractivity contribution is -0.161. The van der Waals surface area contributed by atoms with Crippen molar-refractivity contribution in [2.75, 3.05) is 26.4 Å². The molecule has 366 valence electrons. The molecule has 0 radical (unpaired) electrons. The minimum absolute atomic E-state index is 0.0557. The molecule has 0 spiro atoms. The van der Waals surface area contributed by atoms with Crippen molar-refractivity contribution < 1.29 is 37.6 Å². The van der Waals surface area contributed by atoms with Gasteiger partial charge in [0.1, 0.15) is 6.61 Å². The van der Waals surface area contributed by atoms with E-state index in [0.717, 1.165) is 44.9 Å². The maximum atomic E-state index is 12.7. The van der Waals surface area contributed by atoms with Crippen molar-refractivity contribution in [2.45, 2.75) is 270 Å². The highest BCUT2D eigenvalue weighted by Gasteiger charge is 2.26. The number of carbonyl (C=O) groups is 2. The predicted molar refractivity (Wildman–Crippen MR) is 261 cm³/mol. The number of rotatable bonds is 50. The number of ether oxygens (including phenoxy) is 2. The zero-order valence-corrected chi connectivity index (χ0v) is 41.5. The first-order chi connectivity index (χ1) is 30.3. The third-order valence-corrected chi connectivity index (χ3v) is 12.6. The Morgan fingerprint density at radius 3 is 1.23 bits per heavy atom. The van der Waals surface area contributed by atoms with Crippen LogP contribution in [0.3, 0.4) is 0 Å². The summed E-state index contributed by atoms with van der Waals surface area (Å²) in [5, 5.41) is 0. The molecule has 2 unspecified atom stereocenters. The number of hydrogen-bond donors (Lipinski definition) is 2. The van der Waals surface area contributed by atoms with Crippen LogP contribution in [0.4, 0.5) is 0 Å². The fourth-order valence-corrected chi connectivity index (χ4v) is 8.43. The summed E-state index contributed by atoms with van der Waals surface area (Å²) in [7, 11) is -4.38. The Morgan fingerprint density at radius 1 is 0.484 bits per heavy atom. The highest BCUT2D eigenvalue weighted by Crippen LogP contribution is 2.43. The van der Waals surface area contributed by atoms with Crippen LogP contribution in [-0.2, 0) is 32.7 Å². The smallest absolute Gasteiger partial charge is 0.462 e. The predicted octanol–water partition coefficient (Wildman–Crippen LogP) is 15.9. The average Bonchev–Trinajstić information content (AvgIpc) is 3.26. The number of unbranched alkanes of at least 4 members (excludes halogenated alkanes) is 33. The first-order valence-electron chi connectivity index (χ1n) is 26.3. The van der Waals surface area contributed by atoms with Crippen LogP contribution < -0.4 is 5.73 Å². The molecule has 0 aromatic rings. The molecule has 0 aliphatic heterocycles. The van der Waals surface area contributed by atoms with Gasteiger partial charge in [-0.05, 0) is 44.9 Å². The Bertz CT molecular complexity index is 1070. The summed E-state index contributed by atoms with van der Waals surface area (Å²) < 4.78 is 32.9. The zero-order valence-electron chi connectivity index (χ0n) is 40.6. The van der Waals surface area contributed by atoms with Crippen LogP contribution in [0.2, 0.25) is 0 Å². The number of phosphoric acid groups is 1. The lowest BCUT2D eigenvalue weighted by Gasteiger charge is -2.19. The van der Waals surface area contributed by atoms with Gasteiger partial charge in [-0.1, -0.05) is 231 Å². The Labute approximate surface area is 382 Å². The monoisotopic (exact) mass is 898 g/mol. The van der Waals surface area contributed by atoms with E-state index in [1.165, 1.54) is 186 Å². The molecular formula is C52H100NO8P. The topological polar surface area (TPSA) is 134 Å². The van der Waals surface area contributed by atoms with E-state index in [-0.39, 0.29) is 38.6 Å². The summed E-state index contributed by atoms with van der Waals surface area (Å²) in [5.74, 6) is -0.814. The molecule has 0 saturated carbocycles. The fraction of sp³-hybridized carbons (Fsp3) is 0.885. The van der Waals surface area contributed by atoms with Gasteiger partial charge in [0.15, 0.2) is 6.10 Å². The van der Waals surface area contributed by atoms with Crippen molar-refractivity contribution in [3.63, 3.8) is 0 Å². The lowest BCUT2D eigenvalue weighted by atomic mass is 10.0. The van der Waals surface area contributed by atoms with Crippen LogP contribution in [0.15, 0.2) is 24.3 Å². The molecule has 0 heterocycles. The zero-order chi connectivity index (χ0) is 45.3. The molecular weight excluding hydrogens is 798 g/mol. The Kier molecular flexibility index (Phi) is 47.7. The summed E-state index contributed by atoms with van der Waals surface area (Å²) in [5.41, 5.74) is 5.37. The van der Waals surface area contributed by atoms with Gasteiger partial charge >= 0.3 is 19.8 Å². The van der Waals surface area contributed by atoms with Crippen LogP contribution in [0.1, 0.15) is 264 Å². The van der Waals surface area contributed by atoms with E-state index < -0.39 is 26.5 Å². The second-order valence-corrected chi connectivity index (χ2v) is 19.2. The maximum Gasteiger partial charge on any atom is 0.472 e. The molecule has 9 nitrogen and oxygen atoms in total. The summed E-state index contributed by atoms with van der Waals surface area (Å²) >= 11 is 0. The highest BCUT2D eigenvalue weighted by atomic mass is 31.2. The van der Waals surface area contributed by atoms with Gasteiger partial charge < -0.3 is 20.1 Å². The molecule has 2 atom stereocenters. The molecule has 0 rings (SSSR count). The van der Waals surface area contributed by atoms with Crippen molar-refractivity contribution in [2.24, 2.45) is 5.73 Å². The standard InChI is InChI=1S/C52H100NO8P/c1-3-5-7-9-11-13-15-17-19-21-22-23-24-25-26-27-28-29-31-33-35-37-39-41-43-45-52(55)61-50(49-60-62(56,57)59-47-46-53)48-58-51(54)44-42-40-38-36-34-32-30-20-18-16-14-12-10-8-6-4-2/h15,17,21-22,50H,3-14,16,18-20,23-49,53H2,1-2H3,(H,56,57)/b17-15-,22-21-. The summed E-state index contributed by atoms with van der Waals surface area (Å²) in [6.45, 7) is 3.77. The second kappa shape index (κ2) is 48.9. The maximum absolute atomic E-state index is 12.7. The summed E-state index contributed by atoms with van der Waals surface area (Å²) in [6, 6.07) is 0. The van der Waals surface area contributed by atoms with Gasteiger partial charge in [0.25, 0.3) is 0 Å². The van der Waals surface area contributed by atoms with E-state index in [9.17, 15) is 19.0 Å². The highest BCUT2D eigenvalue weighted by molar-refractivity contribution is 7.47. The van der Waals surface area contributed by atoms with Gasteiger partial charge in [0.2, 0.25) is 0 Å². The number of nitrogens with two attached hydrogens (primary N) is 1. The van der Waals surface area contributed by atoms with E-state index in [4.69, 9.17) is 24.3 Å². The molecule has 0 aromatic heterocycles. The molecule has 0 aromatic carbocycles. The number of allylic oxidation sites excluding steroid dienone is 4. The van der Waals surface area contributed by atoms with Crippen LogP contribution in [-0.4, -0.2) is 49.3 Å². The average molecular weight is 898 g/mol. The molecule has 0 saturated heterocycles. The molecule has 0 aliphatic rings. The van der Waals surface area contributed by atoms with Gasteiger partial charge in [0, 0.05) is 19.4 Å². The van der Waals surface area contributed by atoms with Crippen LogP contribution in [0.25, 0.3) is 0 Å². The SMILES string of the molecule is CCCCCCC/C=C\C/C=C\CCCCCCCCCCCCCCCC(=O)OC(COC(=O)CCCCCCCCCCCCCCCCCC)COP(=O)(O)OCCN. The number of esters is 2. The van der Waals surface area contributed by atoms with Crippen molar-refractivity contribution in [3.05, 3.63) is 24.3 Å². The Hall–Kier alpha value is -1.51. The fourth-order valence-electron chi connectivity index (χ4n) is 7.67. The number of phosphoric ester groups is 1. The first-order valence-corrected chi connectivity index (χ1v) is 27.8. The molecule has 62 heavy (non-hydrogen) atoms. The first kappa shape index (κ1) is 60.5. The van der Waals surface area contributed by atoms with Crippen molar-refractivity contribution in [1.82, 2.24) is 0 Å². The normalized spacial score (nSPS) is 13.3. The van der Waals surface area contributed by atoms with Gasteiger partial charge in [0.05, 0.1) is 13.2 Å². The second-order valence-electron chi connectivity index (χ2n) is 17.8. The molecule has 0 bridgehead atoms. The van der Waals surface area contributed by atoms with Gasteiger partial charge in [-0.2, -0.15) is 0 Å². The van der Waals surface area contributed by atoms with E-state index in [2.05, 4.69) is 38.2 Å². The largest absolute Gasteiger partial charge is 0.472 e. The third kappa shape index (κ3) is 48.0. The molecule has 3 N–H and O–H groups in total. The Balaban J connectivity index is 3.98. The van der Waals surface area contributed by atoms with E-state index in [1.54, 1.807) is 0 Å². The van der Waals surface area contributed by atoms with Crippen LogP contribution in [0, 0.1) is 0 Å². The van der Waals surface area contributed by atoms with E-state index in [0.29, 0.717) is 6.42 Å². The van der Waals surface area contributed by atoms with Crippen molar-refractivity contribution in [1.29, 1.82) is 0 Å². The Morgan fingerprint density at radius 2 is 0.839 bits per heavy atom. The molecule has 10 heteroatoms. The minimum atomic E-state index is -4.38. The summed E-state index contributed by atoms with van der Waals surface area (Å²) in [4.78, 5) is 35.1. The van der Waals surface area contributed by atoms with Crippen LogP contribution in [0.5, 0.6) is 0 Å². The quantitative estimate of drug-likeness (QED) is 0.0265. The lowest BCUT2D eigenvalue weighted by Crippen LogP contribution is -2.29. The van der Waals surface area contributed by atoms with E-state index >= 15 is 0 Å². The van der Waals surface area contributed by atoms with Gasteiger partial charge in [-0.25, -0.2) is 4.57 Å². The van der Waals surface area contributed by atoms with Gasteiger partial charge in [-0.15, -0.1) is 0 Å². The van der Waals surface area contributed by atoms with E-state index in [1.807, 2.05) is 0 Å². The molecule has 0 amide bonds. The number of hydrogen-bond acceptors (Lipinski definition) is 8. The molecule has 0 aliphatic carbocycles. The summed E-state index contributed by atoms with van der Waals surface area (Å²) in [6.07, 6.45) is 55.0. The number of carbonyl (C=O) groups excluding carboxylic acids is 2.